The van der Waals surface area contributed by atoms with E-state index in [0.29, 0.717) is 0 Å². The maximum atomic E-state index is 4.00. The van der Waals surface area contributed by atoms with Crippen molar-refractivity contribution in [2.24, 2.45) is 0 Å². The van der Waals surface area contributed by atoms with Crippen molar-refractivity contribution in [2.75, 3.05) is 6.54 Å². The molecule has 0 radical (unpaired) electrons. The molecular weight excluding hydrogens is 212 g/mol. The summed E-state index contributed by atoms with van der Waals surface area (Å²) in [6, 6.07) is 2.18. The molecule has 2 N–H and O–H groups in total. The van der Waals surface area contributed by atoms with Crippen LogP contribution in [0.1, 0.15) is 24.6 Å². The Kier molecular flexibility index (Phi) is 4.38. The van der Waals surface area contributed by atoms with E-state index in [9.17, 15) is 0 Å². The van der Waals surface area contributed by atoms with Gasteiger partial charge in [-0.1, -0.05) is 6.92 Å². The number of aromatic amines is 1. The zero-order valence-corrected chi connectivity index (χ0v) is 10.3. The van der Waals surface area contributed by atoms with Crippen LogP contribution in [0.25, 0.3) is 0 Å². The second-order valence-electron chi connectivity index (χ2n) is 4.26. The molecule has 4 heteroatoms. The second kappa shape index (κ2) is 6.25. The van der Waals surface area contributed by atoms with E-state index < -0.39 is 0 Å². The van der Waals surface area contributed by atoms with Gasteiger partial charge in [0.15, 0.2) is 0 Å². The Bertz CT molecular complexity index is 416. The number of aryl methyl sites for hydroxylation is 1. The molecule has 0 fully saturated rings. The summed E-state index contributed by atoms with van der Waals surface area (Å²) in [5.41, 5.74) is 2.53. The zero-order chi connectivity index (χ0) is 11.9. The van der Waals surface area contributed by atoms with Gasteiger partial charge in [0.25, 0.3) is 0 Å². The van der Waals surface area contributed by atoms with Gasteiger partial charge in [-0.3, -0.25) is 0 Å². The lowest BCUT2D eigenvalue weighted by Crippen LogP contribution is -2.16. The number of hydrogen-bond acceptors (Lipinski definition) is 2. The molecule has 2 aromatic rings. The molecule has 2 rings (SSSR count). The van der Waals surface area contributed by atoms with Crippen molar-refractivity contribution in [3.8, 4) is 0 Å². The van der Waals surface area contributed by atoms with Crippen LogP contribution < -0.4 is 5.32 Å². The molecule has 0 aliphatic carbocycles. The van der Waals surface area contributed by atoms with Gasteiger partial charge in [0, 0.05) is 50.3 Å². The predicted molar refractivity (Wildman–Crippen MR) is 68.7 cm³/mol. The first-order chi connectivity index (χ1) is 8.38. The van der Waals surface area contributed by atoms with Gasteiger partial charge < -0.3 is 14.9 Å². The molecular formula is C13H20N4. The lowest BCUT2D eigenvalue weighted by molar-refractivity contribution is 0.664. The zero-order valence-electron chi connectivity index (χ0n) is 10.3. The number of aromatic nitrogens is 3. The summed E-state index contributed by atoms with van der Waals surface area (Å²) in [5.74, 6) is 0. The van der Waals surface area contributed by atoms with Crippen LogP contribution in [-0.2, 0) is 19.5 Å². The van der Waals surface area contributed by atoms with Crippen molar-refractivity contribution in [3.05, 3.63) is 42.2 Å². The van der Waals surface area contributed by atoms with E-state index in [2.05, 4.69) is 45.2 Å². The second-order valence-corrected chi connectivity index (χ2v) is 4.26. The van der Waals surface area contributed by atoms with Crippen molar-refractivity contribution < 1.29 is 0 Å². The summed E-state index contributed by atoms with van der Waals surface area (Å²) in [7, 11) is 0. The molecule has 0 saturated carbocycles. The van der Waals surface area contributed by atoms with Crippen LogP contribution in [0.5, 0.6) is 0 Å². The first-order valence-corrected chi connectivity index (χ1v) is 6.21. The molecule has 0 spiro atoms. The monoisotopic (exact) mass is 232 g/mol. The van der Waals surface area contributed by atoms with Crippen molar-refractivity contribution in [2.45, 2.75) is 32.9 Å². The Hall–Kier alpha value is -1.55. The molecule has 0 bridgehead atoms. The number of rotatable bonds is 7. The predicted octanol–water partition coefficient (Wildman–Crippen LogP) is 1.95. The average molecular weight is 232 g/mol. The number of nitrogens with one attached hydrogen (secondary N) is 2. The summed E-state index contributed by atoms with van der Waals surface area (Å²) >= 11 is 0. The first kappa shape index (κ1) is 11.9. The molecule has 0 atom stereocenters. The van der Waals surface area contributed by atoms with E-state index in [0.717, 1.165) is 26.1 Å². The van der Waals surface area contributed by atoms with Gasteiger partial charge in [0.05, 0.1) is 6.33 Å². The maximum Gasteiger partial charge on any atom is 0.0921 e. The van der Waals surface area contributed by atoms with Gasteiger partial charge in [0.1, 0.15) is 0 Å². The highest BCUT2D eigenvalue weighted by atomic mass is 14.9. The summed E-state index contributed by atoms with van der Waals surface area (Å²) < 4.78 is 2.24. The van der Waals surface area contributed by atoms with Gasteiger partial charge in [-0.05, 0) is 18.1 Å². The van der Waals surface area contributed by atoms with Gasteiger partial charge in [0.2, 0.25) is 0 Å². The molecule has 0 unspecified atom stereocenters. The fourth-order valence-corrected chi connectivity index (χ4v) is 1.87. The highest BCUT2D eigenvalue weighted by Gasteiger charge is 1.97. The average Bonchev–Trinajstić information content (AvgIpc) is 2.96. The highest BCUT2D eigenvalue weighted by Crippen LogP contribution is 2.02. The molecule has 0 saturated heterocycles. The lowest BCUT2D eigenvalue weighted by atomic mass is 10.3. The fourth-order valence-electron chi connectivity index (χ4n) is 1.87. The highest BCUT2D eigenvalue weighted by molar-refractivity contribution is 5.09. The third-order valence-corrected chi connectivity index (χ3v) is 2.75. The molecule has 0 aromatic carbocycles. The molecule has 2 aromatic heterocycles. The van der Waals surface area contributed by atoms with E-state index in [-0.39, 0.29) is 0 Å². The summed E-state index contributed by atoms with van der Waals surface area (Å²) in [6.07, 6.45) is 10.1. The van der Waals surface area contributed by atoms with Crippen molar-refractivity contribution in [3.63, 3.8) is 0 Å². The smallest absolute Gasteiger partial charge is 0.0921 e. The fraction of sp³-hybridized carbons (Fsp3) is 0.462. The SMILES string of the molecule is CCCn1ccc(CNCCc2cnc[nH]2)c1. The van der Waals surface area contributed by atoms with Crippen molar-refractivity contribution >= 4 is 0 Å². The molecule has 2 heterocycles. The van der Waals surface area contributed by atoms with Gasteiger partial charge in [-0.15, -0.1) is 0 Å². The van der Waals surface area contributed by atoms with Crippen LogP contribution in [0.3, 0.4) is 0 Å². The Morgan fingerprint density at radius 2 is 2.41 bits per heavy atom. The van der Waals surface area contributed by atoms with E-state index in [1.165, 1.54) is 17.7 Å². The largest absolute Gasteiger partial charge is 0.354 e. The molecule has 17 heavy (non-hydrogen) atoms. The number of nitrogens with zero attached hydrogens (tertiary/aromatic N) is 2. The Morgan fingerprint density at radius 1 is 1.47 bits per heavy atom. The Morgan fingerprint density at radius 3 is 3.18 bits per heavy atom. The number of hydrogen-bond donors (Lipinski definition) is 2. The third kappa shape index (κ3) is 3.75. The molecule has 0 aliphatic heterocycles. The third-order valence-electron chi connectivity index (χ3n) is 2.75. The van der Waals surface area contributed by atoms with Crippen LogP contribution in [0.2, 0.25) is 0 Å². The van der Waals surface area contributed by atoms with E-state index in [1.54, 1.807) is 6.33 Å². The van der Waals surface area contributed by atoms with Crippen molar-refractivity contribution in [1.82, 2.24) is 19.9 Å². The minimum Gasteiger partial charge on any atom is -0.354 e. The topological polar surface area (TPSA) is 45.6 Å². The van der Waals surface area contributed by atoms with Crippen LogP contribution in [0.4, 0.5) is 0 Å². The number of imidazole rings is 1. The van der Waals surface area contributed by atoms with Gasteiger partial charge >= 0.3 is 0 Å². The summed E-state index contributed by atoms with van der Waals surface area (Å²) in [6.45, 7) is 5.21. The Balaban J connectivity index is 1.67. The molecule has 0 amide bonds. The molecule has 92 valence electrons. The van der Waals surface area contributed by atoms with Crippen molar-refractivity contribution in [1.29, 1.82) is 0 Å². The van der Waals surface area contributed by atoms with E-state index >= 15 is 0 Å². The van der Waals surface area contributed by atoms with Gasteiger partial charge in [-0.25, -0.2) is 4.98 Å². The number of H-pyrrole nitrogens is 1. The lowest BCUT2D eigenvalue weighted by Gasteiger charge is -2.02. The van der Waals surface area contributed by atoms with E-state index in [4.69, 9.17) is 0 Å². The molecule has 0 aliphatic rings. The quantitative estimate of drug-likeness (QED) is 0.717. The normalized spacial score (nSPS) is 10.9. The van der Waals surface area contributed by atoms with Crippen LogP contribution in [-0.4, -0.2) is 21.1 Å². The van der Waals surface area contributed by atoms with Crippen LogP contribution in [0, 0.1) is 0 Å². The first-order valence-electron chi connectivity index (χ1n) is 6.21. The minimum atomic E-state index is 0.935. The molecule has 4 nitrogen and oxygen atoms in total. The van der Waals surface area contributed by atoms with Crippen LogP contribution >= 0.6 is 0 Å². The minimum absolute atomic E-state index is 0.935. The maximum absolute atomic E-state index is 4.00. The summed E-state index contributed by atoms with van der Waals surface area (Å²) in [5, 5.41) is 3.43. The Labute approximate surface area is 102 Å². The summed E-state index contributed by atoms with van der Waals surface area (Å²) in [4.78, 5) is 7.10. The van der Waals surface area contributed by atoms with Crippen LogP contribution in [0.15, 0.2) is 31.0 Å². The standard InChI is InChI=1S/C13H20N4/c1-2-6-17-7-4-12(10-17)8-14-5-3-13-9-15-11-16-13/h4,7,9-11,14H,2-3,5-6,8H2,1H3,(H,15,16). The van der Waals surface area contributed by atoms with E-state index in [1.807, 2.05) is 6.20 Å². The van der Waals surface area contributed by atoms with Gasteiger partial charge in [-0.2, -0.15) is 0 Å².